The second-order valence-electron chi connectivity index (χ2n) is 5.70. The Bertz CT molecular complexity index is 796. The molecule has 0 fully saturated rings. The fraction of sp³-hybridized carbons (Fsp3) is 0.143. The van der Waals surface area contributed by atoms with Crippen molar-refractivity contribution in [3.63, 3.8) is 0 Å². The van der Waals surface area contributed by atoms with Crippen molar-refractivity contribution in [2.24, 2.45) is 5.41 Å². The van der Waals surface area contributed by atoms with E-state index >= 15 is 0 Å². The van der Waals surface area contributed by atoms with Crippen LogP contribution in [0.5, 0.6) is 0 Å². The Morgan fingerprint density at radius 1 is 0.731 bits per heavy atom. The minimum Gasteiger partial charge on any atom is -0.468 e. The highest BCUT2D eigenvalue weighted by Crippen LogP contribution is 2.48. The molecule has 0 N–H and O–H groups in total. The highest BCUT2D eigenvalue weighted by Gasteiger charge is 2.47. The van der Waals surface area contributed by atoms with Crippen molar-refractivity contribution in [3.05, 3.63) is 83.9 Å². The van der Waals surface area contributed by atoms with Crippen LogP contribution in [-0.4, -0.2) is 26.2 Å². The minimum atomic E-state index is -1.62. The first-order valence-corrected chi connectivity index (χ1v) is 8.83. The number of esters is 2. The average Bonchev–Trinajstić information content (AvgIpc) is 2.73. The van der Waals surface area contributed by atoms with Gasteiger partial charge in [-0.2, -0.15) is 0 Å². The van der Waals surface area contributed by atoms with E-state index in [2.05, 4.69) is 0 Å². The summed E-state index contributed by atoms with van der Waals surface area (Å²) in [7, 11) is 2.53. The van der Waals surface area contributed by atoms with Crippen molar-refractivity contribution in [3.8, 4) is 0 Å². The number of carbonyl (C=O) groups excluding carboxylic acids is 2. The zero-order chi connectivity index (χ0) is 18.6. The van der Waals surface area contributed by atoms with E-state index in [0.717, 1.165) is 20.9 Å². The van der Waals surface area contributed by atoms with Gasteiger partial charge in [-0.05, 0) is 23.3 Å². The summed E-state index contributed by atoms with van der Waals surface area (Å²) in [6, 6.07) is 19.2. The van der Waals surface area contributed by atoms with E-state index in [1.165, 1.54) is 26.0 Å². The molecule has 1 heterocycles. The molecule has 0 radical (unpaired) electrons. The smallest absolute Gasteiger partial charge is 0.331 e. The molecule has 0 aliphatic carbocycles. The van der Waals surface area contributed by atoms with Crippen molar-refractivity contribution in [2.75, 3.05) is 14.2 Å². The summed E-state index contributed by atoms with van der Waals surface area (Å²) in [5.74, 6) is -1.35. The van der Waals surface area contributed by atoms with Crippen molar-refractivity contribution >= 4 is 33.5 Å². The topological polar surface area (TPSA) is 52.6 Å². The number of rotatable bonds is 4. The summed E-state index contributed by atoms with van der Waals surface area (Å²) in [6.07, 6.45) is 3.24. The van der Waals surface area contributed by atoms with Crippen LogP contribution >= 0.6 is 11.8 Å². The maximum Gasteiger partial charge on any atom is 0.331 e. The first-order valence-electron chi connectivity index (χ1n) is 8.02. The monoisotopic (exact) mass is 366 g/mol. The maximum absolute atomic E-state index is 12.6. The summed E-state index contributed by atoms with van der Waals surface area (Å²) in [4.78, 5) is 26.8. The van der Waals surface area contributed by atoms with Crippen LogP contribution in [-0.2, 0) is 19.1 Å². The molecule has 0 atom stereocenters. The SMILES string of the molecule is COC(=O)C1(C(=O)OC)C=C(c2ccccc2)SC(c2ccccc2)=C1. The van der Waals surface area contributed by atoms with Crippen LogP contribution in [0.1, 0.15) is 11.1 Å². The fourth-order valence-electron chi connectivity index (χ4n) is 2.78. The van der Waals surface area contributed by atoms with Gasteiger partial charge in [-0.15, -0.1) is 0 Å². The lowest BCUT2D eigenvalue weighted by Gasteiger charge is -2.28. The van der Waals surface area contributed by atoms with Crippen molar-refractivity contribution < 1.29 is 19.1 Å². The van der Waals surface area contributed by atoms with E-state index < -0.39 is 17.4 Å². The van der Waals surface area contributed by atoms with Gasteiger partial charge in [0.15, 0.2) is 0 Å². The quantitative estimate of drug-likeness (QED) is 0.601. The molecule has 0 saturated heterocycles. The van der Waals surface area contributed by atoms with Gasteiger partial charge in [0, 0.05) is 9.81 Å². The molecule has 132 valence electrons. The number of hydrogen-bond acceptors (Lipinski definition) is 5. The van der Waals surface area contributed by atoms with E-state index in [1.807, 2.05) is 60.7 Å². The molecular formula is C21H18O4S. The molecule has 0 saturated carbocycles. The second-order valence-corrected chi connectivity index (χ2v) is 6.79. The fourth-order valence-corrected chi connectivity index (χ4v) is 4.01. The van der Waals surface area contributed by atoms with Crippen LogP contribution in [0.3, 0.4) is 0 Å². The molecule has 0 aromatic heterocycles. The summed E-state index contributed by atoms with van der Waals surface area (Å²) in [6.45, 7) is 0. The summed E-state index contributed by atoms with van der Waals surface area (Å²) < 4.78 is 9.89. The van der Waals surface area contributed by atoms with E-state index in [-0.39, 0.29) is 0 Å². The molecule has 1 aliphatic rings. The third-order valence-corrected chi connectivity index (χ3v) is 5.25. The van der Waals surface area contributed by atoms with Gasteiger partial charge < -0.3 is 9.47 Å². The van der Waals surface area contributed by atoms with Gasteiger partial charge in [0.25, 0.3) is 0 Å². The molecule has 2 aromatic carbocycles. The lowest BCUT2D eigenvalue weighted by Crippen LogP contribution is -2.39. The number of carbonyl (C=O) groups is 2. The average molecular weight is 366 g/mol. The minimum absolute atomic E-state index is 0.675. The van der Waals surface area contributed by atoms with Crippen LogP contribution in [0.2, 0.25) is 0 Å². The van der Waals surface area contributed by atoms with E-state index in [1.54, 1.807) is 12.2 Å². The molecule has 4 nitrogen and oxygen atoms in total. The first-order chi connectivity index (χ1) is 12.6. The summed E-state index contributed by atoms with van der Waals surface area (Å²) in [5.41, 5.74) is 0.206. The number of benzene rings is 2. The number of hydrogen-bond donors (Lipinski definition) is 0. The molecule has 0 amide bonds. The van der Waals surface area contributed by atoms with E-state index in [0.29, 0.717) is 0 Å². The molecule has 0 bridgehead atoms. The van der Waals surface area contributed by atoms with Crippen molar-refractivity contribution in [2.45, 2.75) is 0 Å². The van der Waals surface area contributed by atoms with Crippen LogP contribution in [0.15, 0.2) is 72.8 Å². The largest absolute Gasteiger partial charge is 0.468 e. The lowest BCUT2D eigenvalue weighted by atomic mass is 9.85. The molecule has 26 heavy (non-hydrogen) atoms. The molecular weight excluding hydrogens is 348 g/mol. The predicted octanol–water partition coefficient (Wildman–Crippen LogP) is 4.15. The molecule has 1 aliphatic heterocycles. The van der Waals surface area contributed by atoms with Gasteiger partial charge in [-0.3, -0.25) is 9.59 Å². The molecule has 3 rings (SSSR count). The van der Waals surface area contributed by atoms with Gasteiger partial charge >= 0.3 is 11.9 Å². The zero-order valence-corrected chi connectivity index (χ0v) is 15.3. The molecule has 0 unspecified atom stereocenters. The van der Waals surface area contributed by atoms with E-state index in [4.69, 9.17) is 9.47 Å². The summed E-state index contributed by atoms with van der Waals surface area (Å²) >= 11 is 1.50. The maximum atomic E-state index is 12.6. The molecule has 5 heteroatoms. The van der Waals surface area contributed by atoms with Gasteiger partial charge in [0.2, 0.25) is 5.41 Å². The Balaban J connectivity index is 2.21. The number of methoxy groups -OCH3 is 2. The van der Waals surface area contributed by atoms with E-state index in [9.17, 15) is 9.59 Å². The molecule has 2 aromatic rings. The third kappa shape index (κ3) is 3.30. The van der Waals surface area contributed by atoms with Crippen LogP contribution < -0.4 is 0 Å². The van der Waals surface area contributed by atoms with Crippen LogP contribution in [0.25, 0.3) is 9.81 Å². The normalized spacial score (nSPS) is 15.5. The Labute approximate surface area is 156 Å². The molecule has 0 spiro atoms. The Morgan fingerprint density at radius 2 is 1.12 bits per heavy atom. The highest BCUT2D eigenvalue weighted by molar-refractivity contribution is 8.16. The predicted molar refractivity (Wildman–Crippen MR) is 103 cm³/mol. The highest BCUT2D eigenvalue weighted by atomic mass is 32.2. The van der Waals surface area contributed by atoms with Gasteiger partial charge in [0.05, 0.1) is 14.2 Å². The second kappa shape index (κ2) is 7.62. The van der Waals surface area contributed by atoms with Crippen molar-refractivity contribution in [1.82, 2.24) is 0 Å². The first kappa shape index (κ1) is 18.0. The number of thioether (sulfide) groups is 1. The zero-order valence-electron chi connectivity index (χ0n) is 14.5. The lowest BCUT2D eigenvalue weighted by molar-refractivity contribution is -0.161. The number of ether oxygens (including phenoxy) is 2. The van der Waals surface area contributed by atoms with Gasteiger partial charge in [-0.25, -0.2) is 0 Å². The van der Waals surface area contributed by atoms with Crippen LogP contribution in [0, 0.1) is 5.41 Å². The van der Waals surface area contributed by atoms with Gasteiger partial charge in [0.1, 0.15) is 0 Å². The van der Waals surface area contributed by atoms with Crippen LogP contribution in [0.4, 0.5) is 0 Å². The van der Waals surface area contributed by atoms with Gasteiger partial charge in [-0.1, -0.05) is 72.4 Å². The summed E-state index contributed by atoms with van der Waals surface area (Å²) in [5, 5.41) is 0. The van der Waals surface area contributed by atoms with Crippen molar-refractivity contribution in [1.29, 1.82) is 0 Å². The third-order valence-electron chi connectivity index (χ3n) is 4.10. The Morgan fingerprint density at radius 3 is 1.46 bits per heavy atom. The Hall–Kier alpha value is -2.79. The standard InChI is InChI=1S/C21H18O4S/c1-24-19(22)21(20(23)25-2)13-17(15-9-5-3-6-10-15)26-18(14-21)16-11-7-4-8-12-16/h3-14H,1-2H3. The Kier molecular flexibility index (Phi) is 5.28.